The van der Waals surface area contributed by atoms with Crippen LogP contribution in [0, 0.1) is 5.92 Å². The van der Waals surface area contributed by atoms with Gasteiger partial charge in [0.2, 0.25) is 0 Å². The van der Waals surface area contributed by atoms with Gasteiger partial charge in [0.15, 0.2) is 0 Å². The van der Waals surface area contributed by atoms with E-state index in [0.717, 1.165) is 26.1 Å². The maximum Gasteiger partial charge on any atom is 0.108 e. The molecule has 0 saturated heterocycles. The van der Waals surface area contributed by atoms with E-state index < -0.39 is 0 Å². The third kappa shape index (κ3) is 4.35. The smallest absolute Gasteiger partial charge is 0.108 e. The Balaban J connectivity index is 2.36. The van der Waals surface area contributed by atoms with E-state index in [9.17, 15) is 0 Å². The van der Waals surface area contributed by atoms with E-state index in [1.807, 2.05) is 6.20 Å². The van der Waals surface area contributed by atoms with Crippen molar-refractivity contribution in [3.63, 3.8) is 0 Å². The second-order valence-electron chi connectivity index (χ2n) is 4.56. The molecular formula is C13H25N3. The molecule has 1 atom stereocenters. The molecule has 0 aliphatic carbocycles. The van der Waals surface area contributed by atoms with Gasteiger partial charge in [-0.3, -0.25) is 0 Å². The van der Waals surface area contributed by atoms with Crippen molar-refractivity contribution in [2.75, 3.05) is 13.1 Å². The summed E-state index contributed by atoms with van der Waals surface area (Å²) in [5.74, 6) is 1.89. The number of rotatable bonds is 8. The molecule has 1 heterocycles. The molecule has 92 valence electrons. The Hall–Kier alpha value is -0.830. The molecule has 0 radical (unpaired) electrons. The molecule has 0 saturated carbocycles. The summed E-state index contributed by atoms with van der Waals surface area (Å²) in [4.78, 5) is 4.40. The lowest BCUT2D eigenvalue weighted by Gasteiger charge is -2.14. The highest BCUT2D eigenvalue weighted by atomic mass is 15.1. The van der Waals surface area contributed by atoms with Gasteiger partial charge in [0.1, 0.15) is 5.82 Å². The fraction of sp³-hybridized carbons (Fsp3) is 0.769. The molecule has 0 spiro atoms. The zero-order valence-electron chi connectivity index (χ0n) is 10.9. The standard InChI is InChI=1S/C13H25N3/c1-4-6-13-15-8-9-16(13)11-12(3)10-14-7-5-2/h8-9,12,14H,4-7,10-11H2,1-3H3. The monoisotopic (exact) mass is 223 g/mol. The fourth-order valence-electron chi connectivity index (χ4n) is 1.88. The summed E-state index contributed by atoms with van der Waals surface area (Å²) in [6.45, 7) is 9.98. The Morgan fingerprint density at radius 3 is 2.88 bits per heavy atom. The van der Waals surface area contributed by atoms with Gasteiger partial charge in [0, 0.05) is 25.4 Å². The van der Waals surface area contributed by atoms with Crippen molar-refractivity contribution < 1.29 is 0 Å². The van der Waals surface area contributed by atoms with Crippen LogP contribution in [0.5, 0.6) is 0 Å². The second-order valence-corrected chi connectivity index (χ2v) is 4.56. The van der Waals surface area contributed by atoms with Crippen molar-refractivity contribution in [1.29, 1.82) is 0 Å². The number of hydrogen-bond acceptors (Lipinski definition) is 2. The van der Waals surface area contributed by atoms with Gasteiger partial charge in [0.25, 0.3) is 0 Å². The van der Waals surface area contributed by atoms with Gasteiger partial charge in [-0.05, 0) is 31.8 Å². The molecule has 1 unspecified atom stereocenters. The van der Waals surface area contributed by atoms with Crippen LogP contribution in [0.3, 0.4) is 0 Å². The van der Waals surface area contributed by atoms with E-state index in [-0.39, 0.29) is 0 Å². The summed E-state index contributed by atoms with van der Waals surface area (Å²) in [5, 5.41) is 3.46. The Labute approximate surface area is 99.3 Å². The molecule has 3 heteroatoms. The molecule has 0 aliphatic rings. The highest BCUT2D eigenvalue weighted by Gasteiger charge is 2.06. The zero-order valence-corrected chi connectivity index (χ0v) is 10.9. The first-order valence-corrected chi connectivity index (χ1v) is 6.48. The maximum atomic E-state index is 4.40. The predicted molar refractivity (Wildman–Crippen MR) is 68.5 cm³/mol. The van der Waals surface area contributed by atoms with Gasteiger partial charge >= 0.3 is 0 Å². The molecular weight excluding hydrogens is 198 g/mol. The first-order valence-electron chi connectivity index (χ1n) is 6.48. The Morgan fingerprint density at radius 1 is 1.38 bits per heavy atom. The summed E-state index contributed by atoms with van der Waals surface area (Å²) in [5.41, 5.74) is 0. The van der Waals surface area contributed by atoms with Crippen LogP contribution in [0.25, 0.3) is 0 Å². The van der Waals surface area contributed by atoms with Crippen LogP contribution in [-0.4, -0.2) is 22.6 Å². The van der Waals surface area contributed by atoms with Crippen molar-refractivity contribution in [2.24, 2.45) is 5.92 Å². The third-order valence-corrected chi connectivity index (χ3v) is 2.70. The van der Waals surface area contributed by atoms with Gasteiger partial charge in [-0.25, -0.2) is 4.98 Å². The molecule has 1 aromatic heterocycles. The van der Waals surface area contributed by atoms with Gasteiger partial charge in [0.05, 0.1) is 0 Å². The zero-order chi connectivity index (χ0) is 11.8. The average molecular weight is 223 g/mol. The molecule has 0 aromatic carbocycles. The molecule has 1 aromatic rings. The van der Waals surface area contributed by atoms with Crippen LogP contribution >= 0.6 is 0 Å². The normalized spacial score (nSPS) is 12.9. The van der Waals surface area contributed by atoms with Crippen LogP contribution in [-0.2, 0) is 13.0 Å². The minimum atomic E-state index is 0.663. The molecule has 1 rings (SSSR count). The molecule has 0 amide bonds. The van der Waals surface area contributed by atoms with Crippen LogP contribution < -0.4 is 5.32 Å². The largest absolute Gasteiger partial charge is 0.335 e. The fourth-order valence-corrected chi connectivity index (χ4v) is 1.88. The van der Waals surface area contributed by atoms with E-state index >= 15 is 0 Å². The third-order valence-electron chi connectivity index (χ3n) is 2.70. The molecule has 16 heavy (non-hydrogen) atoms. The summed E-state index contributed by atoms with van der Waals surface area (Å²) in [6, 6.07) is 0. The minimum absolute atomic E-state index is 0.663. The van der Waals surface area contributed by atoms with Crippen molar-refractivity contribution in [3.05, 3.63) is 18.2 Å². The Kier molecular flexibility index (Phi) is 6.16. The number of nitrogens with zero attached hydrogens (tertiary/aromatic N) is 2. The van der Waals surface area contributed by atoms with E-state index in [2.05, 4.69) is 41.8 Å². The summed E-state index contributed by atoms with van der Waals surface area (Å²) in [6.07, 6.45) is 7.47. The Bertz CT molecular complexity index is 280. The number of hydrogen-bond donors (Lipinski definition) is 1. The highest BCUT2D eigenvalue weighted by Crippen LogP contribution is 2.05. The maximum absolute atomic E-state index is 4.40. The summed E-state index contributed by atoms with van der Waals surface area (Å²) < 4.78 is 2.29. The number of imidazole rings is 1. The molecule has 1 N–H and O–H groups in total. The first kappa shape index (κ1) is 13.2. The van der Waals surface area contributed by atoms with Crippen LogP contribution in [0.4, 0.5) is 0 Å². The minimum Gasteiger partial charge on any atom is -0.335 e. The second kappa shape index (κ2) is 7.44. The molecule has 0 aliphatic heterocycles. The van der Waals surface area contributed by atoms with Gasteiger partial charge in [-0.1, -0.05) is 20.8 Å². The molecule has 0 bridgehead atoms. The van der Waals surface area contributed by atoms with Crippen molar-refractivity contribution >= 4 is 0 Å². The van der Waals surface area contributed by atoms with E-state index in [0.29, 0.717) is 5.92 Å². The molecule has 3 nitrogen and oxygen atoms in total. The lowest BCUT2D eigenvalue weighted by Crippen LogP contribution is -2.25. The highest BCUT2D eigenvalue weighted by molar-refractivity contribution is 4.92. The van der Waals surface area contributed by atoms with Crippen LogP contribution in [0.1, 0.15) is 39.4 Å². The first-order chi connectivity index (χ1) is 7.77. The number of nitrogens with one attached hydrogen (secondary N) is 1. The van der Waals surface area contributed by atoms with E-state index in [1.54, 1.807) is 0 Å². The van der Waals surface area contributed by atoms with Gasteiger partial charge in [-0.2, -0.15) is 0 Å². The summed E-state index contributed by atoms with van der Waals surface area (Å²) >= 11 is 0. The van der Waals surface area contributed by atoms with Gasteiger partial charge < -0.3 is 9.88 Å². The topological polar surface area (TPSA) is 29.9 Å². The van der Waals surface area contributed by atoms with E-state index in [1.165, 1.54) is 18.7 Å². The predicted octanol–water partition coefficient (Wildman–Crippen LogP) is 2.47. The molecule has 0 fully saturated rings. The SMILES string of the molecule is CCCNCC(C)Cn1ccnc1CCC. The van der Waals surface area contributed by atoms with E-state index in [4.69, 9.17) is 0 Å². The Morgan fingerprint density at radius 2 is 2.19 bits per heavy atom. The average Bonchev–Trinajstić information content (AvgIpc) is 2.67. The summed E-state index contributed by atoms with van der Waals surface area (Å²) in [7, 11) is 0. The van der Waals surface area contributed by atoms with Crippen molar-refractivity contribution in [3.8, 4) is 0 Å². The number of aromatic nitrogens is 2. The van der Waals surface area contributed by atoms with Gasteiger partial charge in [-0.15, -0.1) is 0 Å². The van der Waals surface area contributed by atoms with Crippen molar-refractivity contribution in [1.82, 2.24) is 14.9 Å². The van der Waals surface area contributed by atoms with Crippen LogP contribution in [0.2, 0.25) is 0 Å². The van der Waals surface area contributed by atoms with Crippen LogP contribution in [0.15, 0.2) is 12.4 Å². The number of aryl methyl sites for hydroxylation is 1. The lowest BCUT2D eigenvalue weighted by atomic mass is 10.1. The van der Waals surface area contributed by atoms with Crippen molar-refractivity contribution in [2.45, 2.75) is 46.6 Å². The quantitative estimate of drug-likeness (QED) is 0.686. The lowest BCUT2D eigenvalue weighted by molar-refractivity contribution is 0.437.